The zero-order chi connectivity index (χ0) is 22.0. The maximum absolute atomic E-state index is 13.4. The number of ether oxygens (including phenoxy) is 2. The van der Waals surface area contributed by atoms with Gasteiger partial charge in [0, 0.05) is 10.9 Å². The SMILES string of the molecule is COc1ccc(-c2csc3nc(C)n(C(C)C(=O)OCc4ccccc4)c(=O)c23)cc1. The smallest absolute Gasteiger partial charge is 0.329 e. The van der Waals surface area contributed by atoms with Crippen LogP contribution in [0.4, 0.5) is 0 Å². The van der Waals surface area contributed by atoms with Gasteiger partial charge in [-0.05, 0) is 37.1 Å². The summed E-state index contributed by atoms with van der Waals surface area (Å²) in [7, 11) is 1.61. The molecule has 158 valence electrons. The lowest BCUT2D eigenvalue weighted by Crippen LogP contribution is -2.31. The summed E-state index contributed by atoms with van der Waals surface area (Å²) < 4.78 is 12.1. The number of aryl methyl sites for hydroxylation is 1. The molecular weight excluding hydrogens is 412 g/mol. The molecule has 0 spiro atoms. The molecule has 0 saturated carbocycles. The van der Waals surface area contributed by atoms with Crippen LogP contribution in [0, 0.1) is 6.92 Å². The second-order valence-electron chi connectivity index (χ2n) is 7.16. The van der Waals surface area contributed by atoms with E-state index in [4.69, 9.17) is 9.47 Å². The topological polar surface area (TPSA) is 70.4 Å². The lowest BCUT2D eigenvalue weighted by atomic mass is 10.1. The van der Waals surface area contributed by atoms with Gasteiger partial charge in [-0.2, -0.15) is 0 Å². The van der Waals surface area contributed by atoms with Crippen LogP contribution in [0.2, 0.25) is 0 Å². The first-order chi connectivity index (χ1) is 15.0. The predicted molar refractivity (Wildman–Crippen MR) is 122 cm³/mol. The fourth-order valence-corrected chi connectivity index (χ4v) is 4.48. The highest BCUT2D eigenvalue weighted by Gasteiger charge is 2.23. The van der Waals surface area contributed by atoms with Gasteiger partial charge in [0.2, 0.25) is 0 Å². The number of hydrogen-bond donors (Lipinski definition) is 0. The maximum Gasteiger partial charge on any atom is 0.329 e. The molecule has 1 unspecified atom stereocenters. The number of methoxy groups -OCH3 is 1. The molecule has 6 nitrogen and oxygen atoms in total. The Balaban J connectivity index is 1.68. The van der Waals surface area contributed by atoms with Gasteiger partial charge in [0.25, 0.3) is 5.56 Å². The molecule has 0 radical (unpaired) electrons. The van der Waals surface area contributed by atoms with E-state index in [0.29, 0.717) is 16.0 Å². The molecule has 0 saturated heterocycles. The zero-order valence-corrected chi connectivity index (χ0v) is 18.3. The Hall–Kier alpha value is -3.45. The van der Waals surface area contributed by atoms with Crippen molar-refractivity contribution in [2.45, 2.75) is 26.5 Å². The molecule has 7 heteroatoms. The largest absolute Gasteiger partial charge is 0.497 e. The molecule has 4 aromatic rings. The van der Waals surface area contributed by atoms with Crippen LogP contribution in [0.3, 0.4) is 0 Å². The third-order valence-corrected chi connectivity index (χ3v) is 6.04. The van der Waals surface area contributed by atoms with Crippen LogP contribution in [0.1, 0.15) is 24.4 Å². The predicted octanol–water partition coefficient (Wildman–Crippen LogP) is 4.75. The molecule has 2 heterocycles. The molecule has 0 aliphatic carbocycles. The van der Waals surface area contributed by atoms with E-state index in [0.717, 1.165) is 22.4 Å². The first kappa shape index (κ1) is 20.8. The highest BCUT2D eigenvalue weighted by Crippen LogP contribution is 2.32. The van der Waals surface area contributed by atoms with E-state index in [-0.39, 0.29) is 12.2 Å². The van der Waals surface area contributed by atoms with E-state index in [1.54, 1.807) is 21.0 Å². The monoisotopic (exact) mass is 434 g/mol. The number of fused-ring (bicyclic) bond motifs is 1. The Morgan fingerprint density at radius 3 is 2.52 bits per heavy atom. The molecule has 0 N–H and O–H groups in total. The van der Waals surface area contributed by atoms with Gasteiger partial charge in [-0.15, -0.1) is 11.3 Å². The molecule has 1 atom stereocenters. The normalized spacial score (nSPS) is 12.0. The van der Waals surface area contributed by atoms with E-state index in [2.05, 4.69) is 4.98 Å². The number of carbonyl (C=O) groups is 1. The Morgan fingerprint density at radius 2 is 1.84 bits per heavy atom. The van der Waals surface area contributed by atoms with E-state index >= 15 is 0 Å². The van der Waals surface area contributed by atoms with Crippen LogP contribution in [0.25, 0.3) is 21.3 Å². The number of hydrogen-bond acceptors (Lipinski definition) is 6. The third-order valence-electron chi connectivity index (χ3n) is 5.17. The van der Waals surface area contributed by atoms with Gasteiger partial charge in [-0.25, -0.2) is 9.78 Å². The minimum absolute atomic E-state index is 0.156. The van der Waals surface area contributed by atoms with Gasteiger partial charge in [-0.1, -0.05) is 42.5 Å². The van der Waals surface area contributed by atoms with E-state index in [1.807, 2.05) is 60.0 Å². The van der Waals surface area contributed by atoms with Crippen LogP contribution in [-0.4, -0.2) is 22.6 Å². The van der Waals surface area contributed by atoms with Crippen molar-refractivity contribution in [2.75, 3.05) is 7.11 Å². The first-order valence-electron chi connectivity index (χ1n) is 9.85. The second kappa shape index (κ2) is 8.73. The molecule has 0 bridgehead atoms. The fraction of sp³-hybridized carbons (Fsp3) is 0.208. The summed E-state index contributed by atoms with van der Waals surface area (Å²) in [6.45, 7) is 3.55. The van der Waals surface area contributed by atoms with Gasteiger partial charge in [0.15, 0.2) is 0 Å². The fourth-order valence-electron chi connectivity index (χ4n) is 3.50. The van der Waals surface area contributed by atoms with Crippen molar-refractivity contribution in [3.63, 3.8) is 0 Å². The van der Waals surface area contributed by atoms with Crippen molar-refractivity contribution in [1.29, 1.82) is 0 Å². The van der Waals surface area contributed by atoms with Crippen LogP contribution in [-0.2, 0) is 16.1 Å². The lowest BCUT2D eigenvalue weighted by molar-refractivity contribution is -0.148. The Bertz CT molecular complexity index is 1280. The molecule has 2 aromatic heterocycles. The molecule has 0 fully saturated rings. The second-order valence-corrected chi connectivity index (χ2v) is 8.02. The summed E-state index contributed by atoms with van der Waals surface area (Å²) in [5.74, 6) is 0.741. The average Bonchev–Trinajstić information content (AvgIpc) is 3.22. The molecule has 0 amide bonds. The first-order valence-corrected chi connectivity index (χ1v) is 10.7. The summed E-state index contributed by atoms with van der Waals surface area (Å²) in [5, 5.41) is 2.42. The van der Waals surface area contributed by atoms with Crippen LogP contribution in [0.15, 0.2) is 64.8 Å². The van der Waals surface area contributed by atoms with Crippen molar-refractivity contribution in [3.05, 3.63) is 81.7 Å². The molecule has 0 aliphatic heterocycles. The minimum atomic E-state index is -0.795. The van der Waals surface area contributed by atoms with Crippen molar-refractivity contribution in [1.82, 2.24) is 9.55 Å². The molecule has 2 aromatic carbocycles. The summed E-state index contributed by atoms with van der Waals surface area (Å²) in [5.41, 5.74) is 2.32. The zero-order valence-electron chi connectivity index (χ0n) is 17.5. The number of benzene rings is 2. The quantitative estimate of drug-likeness (QED) is 0.410. The molecule has 4 rings (SSSR count). The van der Waals surface area contributed by atoms with E-state index in [1.165, 1.54) is 15.9 Å². The summed E-state index contributed by atoms with van der Waals surface area (Å²) in [6, 6.07) is 16.2. The van der Waals surface area contributed by atoms with Crippen molar-refractivity contribution in [3.8, 4) is 16.9 Å². The number of esters is 1. The molecular formula is C24H22N2O4S. The summed E-state index contributed by atoms with van der Waals surface area (Å²) >= 11 is 1.41. The van der Waals surface area contributed by atoms with Gasteiger partial charge in [-0.3, -0.25) is 9.36 Å². The maximum atomic E-state index is 13.4. The Labute approximate surface area is 183 Å². The van der Waals surface area contributed by atoms with E-state index in [9.17, 15) is 9.59 Å². The van der Waals surface area contributed by atoms with Crippen molar-refractivity contribution in [2.24, 2.45) is 0 Å². The highest BCUT2D eigenvalue weighted by atomic mass is 32.1. The summed E-state index contributed by atoms with van der Waals surface area (Å²) in [4.78, 5) is 31.4. The standard InChI is InChI=1S/C24H22N2O4S/c1-15(24(28)30-13-17-7-5-4-6-8-17)26-16(2)25-22-21(23(26)27)20(14-31-22)18-9-11-19(29-3)12-10-18/h4-12,14-15H,13H2,1-3H3. The molecule has 0 aliphatic rings. The number of thiophene rings is 1. The van der Waals surface area contributed by atoms with Gasteiger partial charge < -0.3 is 9.47 Å². The Morgan fingerprint density at radius 1 is 1.13 bits per heavy atom. The van der Waals surface area contributed by atoms with Crippen LogP contribution >= 0.6 is 11.3 Å². The highest BCUT2D eigenvalue weighted by molar-refractivity contribution is 7.17. The lowest BCUT2D eigenvalue weighted by Gasteiger charge is -2.17. The number of aromatic nitrogens is 2. The van der Waals surface area contributed by atoms with Gasteiger partial charge in [0.05, 0.1) is 12.5 Å². The van der Waals surface area contributed by atoms with Crippen LogP contribution in [0.5, 0.6) is 5.75 Å². The average molecular weight is 435 g/mol. The van der Waals surface area contributed by atoms with Gasteiger partial charge in [0.1, 0.15) is 29.1 Å². The third kappa shape index (κ3) is 4.09. The van der Waals surface area contributed by atoms with Crippen molar-refractivity contribution < 1.29 is 14.3 Å². The number of rotatable bonds is 6. The van der Waals surface area contributed by atoms with Crippen LogP contribution < -0.4 is 10.3 Å². The Kier molecular flexibility index (Phi) is 5.86. The number of carbonyl (C=O) groups excluding carboxylic acids is 1. The summed E-state index contributed by atoms with van der Waals surface area (Å²) in [6.07, 6.45) is 0. The number of nitrogens with zero attached hydrogens (tertiary/aromatic N) is 2. The van der Waals surface area contributed by atoms with E-state index < -0.39 is 12.0 Å². The minimum Gasteiger partial charge on any atom is -0.497 e. The molecule has 31 heavy (non-hydrogen) atoms. The van der Waals surface area contributed by atoms with Gasteiger partial charge >= 0.3 is 5.97 Å². The van der Waals surface area contributed by atoms with Crippen molar-refractivity contribution >= 4 is 27.5 Å².